The van der Waals surface area contributed by atoms with Crippen LogP contribution in [0.15, 0.2) is 18.2 Å². The molecule has 3 heterocycles. The van der Waals surface area contributed by atoms with Gasteiger partial charge in [-0.25, -0.2) is 4.68 Å². The summed E-state index contributed by atoms with van der Waals surface area (Å²) in [4.78, 5) is 0. The highest BCUT2D eigenvalue weighted by Gasteiger charge is 2.30. The van der Waals surface area contributed by atoms with E-state index in [1.54, 1.807) is 0 Å². The minimum absolute atomic E-state index is 0.507. The quantitative estimate of drug-likeness (QED) is 0.694. The Morgan fingerprint density at radius 3 is 3.05 bits per heavy atom. The largest absolute Gasteiger partial charge is 0.399 e. The second-order valence-electron chi connectivity index (χ2n) is 5.96. The summed E-state index contributed by atoms with van der Waals surface area (Å²) in [5.41, 5.74) is 7.76. The fourth-order valence-corrected chi connectivity index (χ4v) is 3.64. The van der Waals surface area contributed by atoms with E-state index in [1.807, 2.05) is 18.2 Å². The van der Waals surface area contributed by atoms with Crippen molar-refractivity contribution in [1.82, 2.24) is 15.1 Å². The molecule has 2 aromatic rings. The van der Waals surface area contributed by atoms with Crippen LogP contribution in [0.5, 0.6) is 0 Å². The number of nitrogen functional groups attached to an aromatic ring is 1. The minimum atomic E-state index is 0.507. The Morgan fingerprint density at radius 2 is 2.20 bits per heavy atom. The normalized spacial score (nSPS) is 26.2. The lowest BCUT2D eigenvalue weighted by atomic mass is 9.89. The van der Waals surface area contributed by atoms with Gasteiger partial charge in [-0.05, 0) is 56.5 Å². The van der Waals surface area contributed by atoms with Crippen molar-refractivity contribution in [3.63, 3.8) is 0 Å². The Bertz CT molecular complexity index is 626. The van der Waals surface area contributed by atoms with Crippen molar-refractivity contribution >= 4 is 22.4 Å². The Labute approximate surface area is 118 Å². The third kappa shape index (κ3) is 1.85. The molecule has 2 aliphatic heterocycles. The van der Waals surface area contributed by atoms with Crippen molar-refractivity contribution in [3.05, 3.63) is 18.2 Å². The summed E-state index contributed by atoms with van der Waals surface area (Å²) < 4.78 is 2.21. The number of benzene rings is 1. The summed E-state index contributed by atoms with van der Waals surface area (Å²) >= 11 is 0. The van der Waals surface area contributed by atoms with Gasteiger partial charge >= 0.3 is 0 Å². The van der Waals surface area contributed by atoms with Gasteiger partial charge in [-0.1, -0.05) is 0 Å². The van der Waals surface area contributed by atoms with Crippen molar-refractivity contribution < 1.29 is 0 Å². The van der Waals surface area contributed by atoms with Gasteiger partial charge in [0.25, 0.3) is 0 Å². The number of rotatable bonds is 1. The average molecular weight is 271 g/mol. The van der Waals surface area contributed by atoms with Crippen LogP contribution in [0.1, 0.15) is 25.3 Å². The molecule has 0 radical (unpaired) electrons. The maximum atomic E-state index is 5.92. The molecule has 0 aliphatic carbocycles. The lowest BCUT2D eigenvalue weighted by Gasteiger charge is -2.34. The van der Waals surface area contributed by atoms with Gasteiger partial charge in [0.1, 0.15) is 5.82 Å². The first-order valence-corrected chi connectivity index (χ1v) is 7.55. The zero-order valence-corrected chi connectivity index (χ0v) is 11.6. The highest BCUT2D eigenvalue weighted by Crippen LogP contribution is 2.37. The van der Waals surface area contributed by atoms with Crippen molar-refractivity contribution in [2.24, 2.45) is 5.92 Å². The third-order valence-corrected chi connectivity index (χ3v) is 4.65. The van der Waals surface area contributed by atoms with Crippen LogP contribution < -0.4 is 16.4 Å². The number of hydrogen-bond acceptors (Lipinski definition) is 4. The molecular formula is C15H21N5. The van der Waals surface area contributed by atoms with Crippen molar-refractivity contribution in [2.45, 2.75) is 25.3 Å². The number of nitrogens with two attached hydrogens (primary N) is 1. The number of hydrogen-bond donors (Lipinski definition) is 3. The molecule has 2 aliphatic rings. The van der Waals surface area contributed by atoms with Crippen LogP contribution in [0.4, 0.5) is 11.5 Å². The van der Waals surface area contributed by atoms with Crippen LogP contribution in [0, 0.1) is 5.92 Å². The van der Waals surface area contributed by atoms with Gasteiger partial charge in [-0.15, -0.1) is 0 Å². The van der Waals surface area contributed by atoms with E-state index >= 15 is 0 Å². The molecular weight excluding hydrogens is 250 g/mol. The molecule has 0 spiro atoms. The number of piperidine rings is 1. The lowest BCUT2D eigenvalue weighted by Crippen LogP contribution is -2.38. The first-order valence-electron chi connectivity index (χ1n) is 7.55. The molecule has 0 saturated carbocycles. The van der Waals surface area contributed by atoms with Crippen molar-refractivity contribution in [2.75, 3.05) is 30.7 Å². The van der Waals surface area contributed by atoms with Gasteiger partial charge in [0.2, 0.25) is 0 Å². The minimum Gasteiger partial charge on any atom is -0.399 e. The van der Waals surface area contributed by atoms with E-state index in [2.05, 4.69) is 15.3 Å². The van der Waals surface area contributed by atoms with Crippen LogP contribution in [-0.4, -0.2) is 29.4 Å². The van der Waals surface area contributed by atoms with Crippen LogP contribution in [0.2, 0.25) is 0 Å². The van der Waals surface area contributed by atoms with Crippen molar-refractivity contribution in [3.8, 4) is 0 Å². The SMILES string of the molecule is Nc1ccc2nn3c(c2c1)NCCC3C1CCCNC1. The molecule has 1 saturated heterocycles. The highest BCUT2D eigenvalue weighted by atomic mass is 15.4. The predicted molar refractivity (Wildman–Crippen MR) is 81.9 cm³/mol. The molecule has 1 fully saturated rings. The topological polar surface area (TPSA) is 67.9 Å². The zero-order chi connectivity index (χ0) is 13.5. The molecule has 1 aromatic heterocycles. The van der Waals surface area contributed by atoms with Gasteiger partial charge in [0.05, 0.1) is 11.6 Å². The summed E-state index contributed by atoms with van der Waals surface area (Å²) in [5, 5.41) is 13.0. The number of fused-ring (bicyclic) bond motifs is 3. The molecule has 4 rings (SSSR count). The Kier molecular flexibility index (Phi) is 2.80. The molecule has 1 aromatic carbocycles. The summed E-state index contributed by atoms with van der Waals surface area (Å²) in [6, 6.07) is 6.49. The molecule has 0 bridgehead atoms. The summed E-state index contributed by atoms with van der Waals surface area (Å²) in [6.45, 7) is 3.30. The Hall–Kier alpha value is -1.75. The fourth-order valence-electron chi connectivity index (χ4n) is 3.64. The third-order valence-electron chi connectivity index (χ3n) is 4.65. The van der Waals surface area contributed by atoms with Gasteiger partial charge in [0, 0.05) is 17.6 Å². The zero-order valence-electron chi connectivity index (χ0n) is 11.6. The van der Waals surface area contributed by atoms with E-state index in [9.17, 15) is 0 Å². The van der Waals surface area contributed by atoms with Gasteiger partial charge < -0.3 is 16.4 Å². The average Bonchev–Trinajstić information content (AvgIpc) is 2.86. The van der Waals surface area contributed by atoms with Crippen LogP contribution in [0.3, 0.4) is 0 Å². The van der Waals surface area contributed by atoms with Crippen LogP contribution in [-0.2, 0) is 0 Å². The maximum absolute atomic E-state index is 5.92. The molecule has 20 heavy (non-hydrogen) atoms. The fraction of sp³-hybridized carbons (Fsp3) is 0.533. The van der Waals surface area contributed by atoms with Gasteiger partial charge in [0.15, 0.2) is 0 Å². The molecule has 5 nitrogen and oxygen atoms in total. The second-order valence-corrected chi connectivity index (χ2v) is 5.96. The number of anilines is 2. The highest BCUT2D eigenvalue weighted by molar-refractivity contribution is 5.92. The molecule has 2 atom stereocenters. The molecule has 5 heteroatoms. The number of nitrogens with one attached hydrogen (secondary N) is 2. The monoisotopic (exact) mass is 271 g/mol. The molecule has 0 amide bonds. The van der Waals surface area contributed by atoms with E-state index in [0.717, 1.165) is 48.5 Å². The molecule has 2 unspecified atom stereocenters. The van der Waals surface area contributed by atoms with E-state index in [1.165, 1.54) is 12.8 Å². The first kappa shape index (κ1) is 12.0. The van der Waals surface area contributed by atoms with E-state index in [0.29, 0.717) is 12.0 Å². The smallest absolute Gasteiger partial charge is 0.132 e. The van der Waals surface area contributed by atoms with E-state index in [4.69, 9.17) is 10.8 Å². The Morgan fingerprint density at radius 1 is 1.25 bits per heavy atom. The molecule has 106 valence electrons. The van der Waals surface area contributed by atoms with Crippen molar-refractivity contribution in [1.29, 1.82) is 0 Å². The van der Waals surface area contributed by atoms with Gasteiger partial charge in [-0.3, -0.25) is 0 Å². The van der Waals surface area contributed by atoms with Crippen LogP contribution in [0.25, 0.3) is 10.9 Å². The Balaban J connectivity index is 1.78. The lowest BCUT2D eigenvalue weighted by molar-refractivity contribution is 0.237. The number of aromatic nitrogens is 2. The predicted octanol–water partition coefficient (Wildman–Crippen LogP) is 1.97. The molecule has 4 N–H and O–H groups in total. The van der Waals surface area contributed by atoms with E-state index < -0.39 is 0 Å². The van der Waals surface area contributed by atoms with E-state index in [-0.39, 0.29) is 0 Å². The van der Waals surface area contributed by atoms with Crippen LogP contribution >= 0.6 is 0 Å². The summed E-state index contributed by atoms with van der Waals surface area (Å²) in [6.07, 6.45) is 3.73. The second kappa shape index (κ2) is 4.66. The summed E-state index contributed by atoms with van der Waals surface area (Å²) in [7, 11) is 0. The number of nitrogens with zero attached hydrogens (tertiary/aromatic N) is 2. The standard InChI is InChI=1S/C15H21N5/c16-11-3-4-13-12(8-11)15-18-7-5-14(20(15)19-13)10-2-1-6-17-9-10/h3-4,8,10,14,17-18H,1-2,5-7,9,16H2. The first-order chi connectivity index (χ1) is 9.83. The van der Waals surface area contributed by atoms with Gasteiger partial charge in [-0.2, -0.15) is 5.10 Å². The summed E-state index contributed by atoms with van der Waals surface area (Å²) in [5.74, 6) is 1.84. The maximum Gasteiger partial charge on any atom is 0.132 e.